The minimum Gasteiger partial charge on any atom is -0.264 e. The molecule has 0 saturated heterocycles. The predicted molar refractivity (Wildman–Crippen MR) is 117 cm³/mol. The molecule has 1 aromatic heterocycles. The molecule has 0 aliphatic carbocycles. The second-order valence-corrected chi connectivity index (χ2v) is 7.57. The molecule has 0 aliphatic heterocycles. The van der Waals surface area contributed by atoms with E-state index in [1.807, 2.05) is 6.20 Å². The maximum absolute atomic E-state index is 4.50. The standard InChI is InChI=1S/C26H23N/c1-2-3-4-9-20-16-27-17-25-14-23-12-21-10-18-7-5-6-8-19(18)11-22(21)13-24(23)15-26(20)25/h5-8,10-17H,2-4,9H2,1H3. The van der Waals surface area contributed by atoms with Crippen LogP contribution in [0.1, 0.15) is 31.7 Å². The zero-order valence-electron chi connectivity index (χ0n) is 15.7. The molecule has 0 radical (unpaired) electrons. The smallest absolute Gasteiger partial charge is 0.0346 e. The molecule has 0 unspecified atom stereocenters. The SMILES string of the molecule is CCCCCc1cncc2cc3cc4cc5ccccc5cc4cc3cc12. The van der Waals surface area contributed by atoms with Crippen LogP contribution >= 0.6 is 0 Å². The van der Waals surface area contributed by atoms with Crippen LogP contribution in [-0.4, -0.2) is 4.98 Å². The van der Waals surface area contributed by atoms with E-state index >= 15 is 0 Å². The third kappa shape index (κ3) is 2.94. The lowest BCUT2D eigenvalue weighted by atomic mass is 9.96. The molecule has 0 aliphatic rings. The van der Waals surface area contributed by atoms with Gasteiger partial charge < -0.3 is 0 Å². The lowest BCUT2D eigenvalue weighted by molar-refractivity contribution is 0.718. The normalized spacial score (nSPS) is 11.7. The summed E-state index contributed by atoms with van der Waals surface area (Å²) in [6.45, 7) is 2.25. The molecule has 5 aromatic rings. The summed E-state index contributed by atoms with van der Waals surface area (Å²) in [5.74, 6) is 0. The number of pyridine rings is 1. The van der Waals surface area contributed by atoms with Crippen molar-refractivity contribution < 1.29 is 0 Å². The topological polar surface area (TPSA) is 12.9 Å². The molecule has 0 N–H and O–H groups in total. The number of hydrogen-bond acceptors (Lipinski definition) is 1. The molecule has 0 fully saturated rings. The van der Waals surface area contributed by atoms with Crippen LogP contribution in [-0.2, 0) is 6.42 Å². The van der Waals surface area contributed by atoms with Crippen LogP contribution in [0.2, 0.25) is 0 Å². The fraction of sp³-hybridized carbons (Fsp3) is 0.192. The average Bonchev–Trinajstić information content (AvgIpc) is 2.69. The van der Waals surface area contributed by atoms with Crippen LogP contribution in [0.4, 0.5) is 0 Å². The molecule has 132 valence electrons. The Morgan fingerprint density at radius 1 is 0.630 bits per heavy atom. The molecule has 0 amide bonds. The summed E-state index contributed by atoms with van der Waals surface area (Å²) in [5, 5.41) is 10.4. The van der Waals surface area contributed by atoms with E-state index in [0.717, 1.165) is 6.42 Å². The third-order valence-electron chi connectivity index (χ3n) is 5.67. The number of hydrogen-bond donors (Lipinski definition) is 0. The Morgan fingerprint density at radius 2 is 1.22 bits per heavy atom. The van der Waals surface area contributed by atoms with E-state index in [4.69, 9.17) is 0 Å². The van der Waals surface area contributed by atoms with E-state index in [9.17, 15) is 0 Å². The van der Waals surface area contributed by atoms with Crippen LogP contribution < -0.4 is 0 Å². The van der Waals surface area contributed by atoms with E-state index in [2.05, 4.69) is 78.8 Å². The zero-order valence-corrected chi connectivity index (χ0v) is 15.7. The van der Waals surface area contributed by atoms with Gasteiger partial charge in [-0.1, -0.05) is 44.0 Å². The van der Waals surface area contributed by atoms with Crippen molar-refractivity contribution in [1.82, 2.24) is 4.98 Å². The Bertz CT molecular complexity index is 1280. The molecule has 4 aromatic carbocycles. The third-order valence-corrected chi connectivity index (χ3v) is 5.67. The summed E-state index contributed by atoms with van der Waals surface area (Å²) in [4.78, 5) is 4.50. The van der Waals surface area contributed by atoms with E-state index in [1.54, 1.807) is 0 Å². The van der Waals surface area contributed by atoms with Gasteiger partial charge in [-0.15, -0.1) is 0 Å². The van der Waals surface area contributed by atoms with Crippen LogP contribution in [0.25, 0.3) is 43.1 Å². The number of aryl methyl sites for hydroxylation is 1. The lowest BCUT2D eigenvalue weighted by Gasteiger charge is -2.10. The quantitative estimate of drug-likeness (QED) is 0.243. The van der Waals surface area contributed by atoms with Crippen LogP contribution in [0.3, 0.4) is 0 Å². The highest BCUT2D eigenvalue weighted by Gasteiger charge is 2.06. The Hall–Kier alpha value is -2.93. The maximum Gasteiger partial charge on any atom is 0.0346 e. The first kappa shape index (κ1) is 16.3. The molecule has 0 saturated carbocycles. The first-order valence-corrected chi connectivity index (χ1v) is 9.95. The van der Waals surface area contributed by atoms with Gasteiger partial charge in [0.1, 0.15) is 0 Å². The number of unbranched alkanes of at least 4 members (excludes halogenated alkanes) is 2. The zero-order chi connectivity index (χ0) is 18.2. The number of aromatic nitrogens is 1. The molecular formula is C26H23N. The van der Waals surface area contributed by atoms with E-state index in [-0.39, 0.29) is 0 Å². The van der Waals surface area contributed by atoms with Gasteiger partial charge in [-0.3, -0.25) is 4.98 Å². The summed E-state index contributed by atoms with van der Waals surface area (Å²) < 4.78 is 0. The van der Waals surface area contributed by atoms with Crippen molar-refractivity contribution in [3.63, 3.8) is 0 Å². The van der Waals surface area contributed by atoms with Gasteiger partial charge >= 0.3 is 0 Å². The fourth-order valence-corrected chi connectivity index (χ4v) is 4.19. The predicted octanol–water partition coefficient (Wildman–Crippen LogP) is 7.43. The highest BCUT2D eigenvalue weighted by atomic mass is 14.6. The monoisotopic (exact) mass is 349 g/mol. The molecule has 27 heavy (non-hydrogen) atoms. The molecule has 1 nitrogen and oxygen atoms in total. The van der Waals surface area contributed by atoms with E-state index < -0.39 is 0 Å². The number of rotatable bonds is 4. The van der Waals surface area contributed by atoms with E-state index in [1.165, 1.54) is 67.9 Å². The van der Waals surface area contributed by atoms with Gasteiger partial charge in [0.15, 0.2) is 0 Å². The van der Waals surface area contributed by atoms with Crippen LogP contribution in [0.5, 0.6) is 0 Å². The van der Waals surface area contributed by atoms with Gasteiger partial charge in [-0.2, -0.15) is 0 Å². The number of fused-ring (bicyclic) bond motifs is 4. The fourth-order valence-electron chi connectivity index (χ4n) is 4.19. The first-order valence-electron chi connectivity index (χ1n) is 9.95. The maximum atomic E-state index is 4.50. The Morgan fingerprint density at radius 3 is 1.89 bits per heavy atom. The van der Waals surface area contributed by atoms with Gasteiger partial charge in [-0.05, 0) is 92.5 Å². The van der Waals surface area contributed by atoms with Crippen molar-refractivity contribution in [3.8, 4) is 0 Å². The summed E-state index contributed by atoms with van der Waals surface area (Å²) in [5.41, 5.74) is 1.38. The van der Waals surface area contributed by atoms with E-state index in [0.29, 0.717) is 0 Å². The average molecular weight is 349 g/mol. The summed E-state index contributed by atoms with van der Waals surface area (Å²) >= 11 is 0. The van der Waals surface area contributed by atoms with Crippen LogP contribution in [0.15, 0.2) is 73.1 Å². The molecular weight excluding hydrogens is 326 g/mol. The largest absolute Gasteiger partial charge is 0.264 e. The molecule has 1 heteroatoms. The second kappa shape index (κ2) is 6.66. The van der Waals surface area contributed by atoms with Crippen molar-refractivity contribution in [2.45, 2.75) is 32.6 Å². The molecule has 1 heterocycles. The van der Waals surface area contributed by atoms with Crippen molar-refractivity contribution >= 4 is 43.1 Å². The minimum absolute atomic E-state index is 1.11. The highest BCUT2D eigenvalue weighted by Crippen LogP contribution is 2.31. The van der Waals surface area contributed by atoms with Gasteiger partial charge in [0.05, 0.1) is 0 Å². The number of benzene rings is 4. The summed E-state index contributed by atoms with van der Waals surface area (Å²) in [7, 11) is 0. The van der Waals surface area contributed by atoms with Crippen molar-refractivity contribution in [1.29, 1.82) is 0 Å². The van der Waals surface area contributed by atoms with Crippen LogP contribution in [0, 0.1) is 0 Å². The second-order valence-electron chi connectivity index (χ2n) is 7.57. The van der Waals surface area contributed by atoms with Gasteiger partial charge in [0.2, 0.25) is 0 Å². The van der Waals surface area contributed by atoms with Crippen molar-refractivity contribution in [2.75, 3.05) is 0 Å². The molecule has 5 rings (SSSR count). The first-order chi connectivity index (χ1) is 13.3. The lowest BCUT2D eigenvalue weighted by Crippen LogP contribution is -1.90. The Balaban J connectivity index is 1.72. The minimum atomic E-state index is 1.11. The highest BCUT2D eigenvalue weighted by molar-refractivity contribution is 6.08. The summed E-state index contributed by atoms with van der Waals surface area (Å²) in [6, 6.07) is 22.5. The Kier molecular flexibility index (Phi) is 4.01. The molecule has 0 atom stereocenters. The van der Waals surface area contributed by atoms with Gasteiger partial charge in [-0.25, -0.2) is 0 Å². The summed E-state index contributed by atoms with van der Waals surface area (Å²) in [6.07, 6.45) is 8.94. The molecule has 0 spiro atoms. The van der Waals surface area contributed by atoms with Crippen molar-refractivity contribution in [3.05, 3.63) is 78.6 Å². The molecule has 0 bridgehead atoms. The Labute approximate surface area is 159 Å². The number of nitrogens with zero attached hydrogens (tertiary/aromatic N) is 1. The van der Waals surface area contributed by atoms with Crippen molar-refractivity contribution in [2.24, 2.45) is 0 Å². The van der Waals surface area contributed by atoms with Gasteiger partial charge in [0, 0.05) is 17.8 Å². The van der Waals surface area contributed by atoms with Gasteiger partial charge in [0.25, 0.3) is 0 Å².